The van der Waals surface area contributed by atoms with Crippen molar-refractivity contribution in [3.8, 4) is 0 Å². The molecule has 0 aliphatic rings. The van der Waals surface area contributed by atoms with Crippen LogP contribution < -0.4 is 0 Å². The molecule has 2 N–H and O–H groups in total. The summed E-state index contributed by atoms with van der Waals surface area (Å²) in [6, 6.07) is 1.74. The third kappa shape index (κ3) is 7.85. The van der Waals surface area contributed by atoms with Gasteiger partial charge in [-0.05, 0) is 25.0 Å². The van der Waals surface area contributed by atoms with E-state index in [9.17, 15) is 29.4 Å². The van der Waals surface area contributed by atoms with Crippen LogP contribution in [0.5, 0.6) is 0 Å². The summed E-state index contributed by atoms with van der Waals surface area (Å²) < 4.78 is 10.2. The summed E-state index contributed by atoms with van der Waals surface area (Å²) in [5.74, 6) is -4.82. The van der Waals surface area contributed by atoms with E-state index in [1.807, 2.05) is 13.8 Å². The largest absolute Gasteiger partial charge is 0.478 e. The first-order chi connectivity index (χ1) is 14.3. The molecule has 0 fully saturated rings. The zero-order valence-electron chi connectivity index (χ0n) is 17.6. The Morgan fingerprint density at radius 3 is 1.30 bits per heavy atom. The van der Waals surface area contributed by atoms with Crippen LogP contribution in [0.25, 0.3) is 0 Å². The lowest BCUT2D eigenvalue weighted by atomic mass is 9.98. The zero-order chi connectivity index (χ0) is 22.5. The molecule has 8 heteroatoms. The van der Waals surface area contributed by atoms with Gasteiger partial charge in [0, 0.05) is 0 Å². The van der Waals surface area contributed by atoms with Crippen molar-refractivity contribution >= 4 is 23.9 Å². The fourth-order valence-corrected chi connectivity index (χ4v) is 2.83. The van der Waals surface area contributed by atoms with Gasteiger partial charge in [0.15, 0.2) is 0 Å². The Kier molecular flexibility index (Phi) is 11.2. The van der Waals surface area contributed by atoms with Crippen LogP contribution in [0.2, 0.25) is 0 Å². The lowest BCUT2D eigenvalue weighted by Gasteiger charge is -2.12. The van der Waals surface area contributed by atoms with E-state index in [1.54, 1.807) is 0 Å². The Labute approximate surface area is 176 Å². The molecule has 0 saturated carbocycles. The third-order valence-electron chi connectivity index (χ3n) is 4.52. The SMILES string of the molecule is CCCCCCOC(=O)c1cc(C(=O)O)c(C(=O)OCCCCCC)cc1C(=O)O. The number of hydrogen-bond acceptors (Lipinski definition) is 6. The first kappa shape index (κ1) is 25.1. The van der Waals surface area contributed by atoms with Crippen molar-refractivity contribution in [3.05, 3.63) is 34.4 Å². The molecular formula is C22H30O8. The van der Waals surface area contributed by atoms with E-state index in [4.69, 9.17) is 9.47 Å². The Balaban J connectivity index is 3.05. The van der Waals surface area contributed by atoms with Crippen molar-refractivity contribution < 1.29 is 38.9 Å². The quantitative estimate of drug-likeness (QED) is 0.330. The van der Waals surface area contributed by atoms with Gasteiger partial charge in [0.05, 0.1) is 35.5 Å². The van der Waals surface area contributed by atoms with Gasteiger partial charge < -0.3 is 19.7 Å². The van der Waals surface area contributed by atoms with E-state index in [1.165, 1.54) is 0 Å². The molecule has 0 unspecified atom stereocenters. The Morgan fingerprint density at radius 1 is 0.633 bits per heavy atom. The van der Waals surface area contributed by atoms with Crippen LogP contribution in [0.4, 0.5) is 0 Å². The number of carboxylic acid groups (broad SMARTS) is 2. The van der Waals surface area contributed by atoms with Crippen LogP contribution in [0, 0.1) is 0 Å². The summed E-state index contributed by atoms with van der Waals surface area (Å²) in [5.41, 5.74) is -1.82. The molecular weight excluding hydrogens is 392 g/mol. The molecule has 1 rings (SSSR count). The molecule has 0 aromatic heterocycles. The maximum absolute atomic E-state index is 12.3. The molecule has 0 aliphatic carbocycles. The van der Waals surface area contributed by atoms with Crippen molar-refractivity contribution in [2.45, 2.75) is 65.2 Å². The van der Waals surface area contributed by atoms with Crippen molar-refractivity contribution in [2.24, 2.45) is 0 Å². The van der Waals surface area contributed by atoms with E-state index < -0.39 is 46.1 Å². The van der Waals surface area contributed by atoms with Gasteiger partial charge in [-0.2, -0.15) is 0 Å². The molecule has 0 saturated heterocycles. The van der Waals surface area contributed by atoms with Crippen LogP contribution in [-0.4, -0.2) is 47.3 Å². The summed E-state index contributed by atoms with van der Waals surface area (Å²) in [4.78, 5) is 47.9. The van der Waals surface area contributed by atoms with Crippen LogP contribution in [-0.2, 0) is 9.47 Å². The number of hydrogen-bond donors (Lipinski definition) is 2. The van der Waals surface area contributed by atoms with E-state index >= 15 is 0 Å². The minimum absolute atomic E-state index is 0.0991. The maximum Gasteiger partial charge on any atom is 0.339 e. The standard InChI is InChI=1S/C22H30O8/c1-3-5-7-9-11-29-21(27)17-13-16(20(25)26)18(14-15(17)19(23)24)22(28)30-12-10-8-6-4-2/h13-14H,3-12H2,1-2H3,(H,23,24)(H,25,26). The first-order valence-corrected chi connectivity index (χ1v) is 10.3. The highest BCUT2D eigenvalue weighted by Crippen LogP contribution is 2.21. The van der Waals surface area contributed by atoms with Crippen molar-refractivity contribution in [1.82, 2.24) is 0 Å². The predicted molar refractivity (Wildman–Crippen MR) is 109 cm³/mol. The minimum atomic E-state index is -1.47. The maximum atomic E-state index is 12.3. The molecule has 8 nitrogen and oxygen atoms in total. The van der Waals surface area contributed by atoms with Gasteiger partial charge in [0.25, 0.3) is 0 Å². The molecule has 166 valence electrons. The van der Waals surface area contributed by atoms with Gasteiger partial charge in [-0.3, -0.25) is 0 Å². The predicted octanol–water partition coefficient (Wildman–Crippen LogP) is 4.56. The van der Waals surface area contributed by atoms with E-state index in [-0.39, 0.29) is 13.2 Å². The van der Waals surface area contributed by atoms with Gasteiger partial charge in [-0.15, -0.1) is 0 Å². The topological polar surface area (TPSA) is 127 Å². The smallest absolute Gasteiger partial charge is 0.339 e. The number of carboxylic acids is 2. The number of unbranched alkanes of at least 4 members (excludes halogenated alkanes) is 6. The van der Waals surface area contributed by atoms with E-state index in [2.05, 4.69) is 0 Å². The zero-order valence-corrected chi connectivity index (χ0v) is 17.6. The monoisotopic (exact) mass is 422 g/mol. The summed E-state index contributed by atoms with van der Waals surface area (Å²) >= 11 is 0. The summed E-state index contributed by atoms with van der Waals surface area (Å²) in [6.07, 6.45) is 6.95. The fourth-order valence-electron chi connectivity index (χ4n) is 2.83. The number of rotatable bonds is 14. The van der Waals surface area contributed by atoms with Crippen molar-refractivity contribution in [2.75, 3.05) is 13.2 Å². The van der Waals surface area contributed by atoms with E-state index in [0.717, 1.165) is 50.7 Å². The Morgan fingerprint density at radius 2 is 1.00 bits per heavy atom. The highest BCUT2D eigenvalue weighted by molar-refractivity contribution is 6.09. The normalized spacial score (nSPS) is 10.5. The van der Waals surface area contributed by atoms with Crippen molar-refractivity contribution in [1.29, 1.82) is 0 Å². The minimum Gasteiger partial charge on any atom is -0.478 e. The fraction of sp³-hybridized carbons (Fsp3) is 0.545. The van der Waals surface area contributed by atoms with Gasteiger partial charge in [-0.25, -0.2) is 19.2 Å². The highest BCUT2D eigenvalue weighted by Gasteiger charge is 2.27. The van der Waals surface area contributed by atoms with Gasteiger partial charge >= 0.3 is 23.9 Å². The third-order valence-corrected chi connectivity index (χ3v) is 4.52. The first-order valence-electron chi connectivity index (χ1n) is 10.3. The number of carbonyl (C=O) groups is 4. The molecule has 0 amide bonds. The molecule has 30 heavy (non-hydrogen) atoms. The van der Waals surface area contributed by atoms with Gasteiger partial charge in [-0.1, -0.05) is 52.4 Å². The number of aromatic carboxylic acids is 2. The van der Waals surface area contributed by atoms with E-state index in [0.29, 0.717) is 12.8 Å². The molecule has 0 bridgehead atoms. The van der Waals surface area contributed by atoms with Crippen molar-refractivity contribution in [3.63, 3.8) is 0 Å². The Bertz CT molecular complexity index is 690. The van der Waals surface area contributed by atoms with Gasteiger partial charge in [0.2, 0.25) is 0 Å². The average Bonchev–Trinajstić information content (AvgIpc) is 2.71. The van der Waals surface area contributed by atoms with Gasteiger partial charge in [0.1, 0.15) is 0 Å². The molecule has 1 aromatic carbocycles. The summed E-state index contributed by atoms with van der Waals surface area (Å²) in [6.45, 7) is 4.27. The molecule has 1 aromatic rings. The van der Waals surface area contributed by atoms with Crippen LogP contribution in [0.3, 0.4) is 0 Å². The highest BCUT2D eigenvalue weighted by atomic mass is 16.5. The second-order valence-corrected chi connectivity index (χ2v) is 6.95. The second kappa shape index (κ2) is 13.3. The number of esters is 2. The van der Waals surface area contributed by atoms with Crippen LogP contribution in [0.1, 0.15) is 107 Å². The second-order valence-electron chi connectivity index (χ2n) is 6.95. The van der Waals surface area contributed by atoms with Crippen LogP contribution >= 0.6 is 0 Å². The molecule has 0 heterocycles. The molecule has 0 atom stereocenters. The lowest BCUT2D eigenvalue weighted by Crippen LogP contribution is -2.19. The summed E-state index contributed by atoms with van der Waals surface area (Å²) in [7, 11) is 0. The number of ether oxygens (including phenoxy) is 2. The average molecular weight is 422 g/mol. The lowest BCUT2D eigenvalue weighted by molar-refractivity contribution is 0.0473. The Hall–Kier alpha value is -2.90. The summed E-state index contributed by atoms with van der Waals surface area (Å²) in [5, 5.41) is 18.9. The molecule has 0 spiro atoms. The molecule has 0 radical (unpaired) electrons. The van der Waals surface area contributed by atoms with Crippen LogP contribution in [0.15, 0.2) is 12.1 Å². The number of carbonyl (C=O) groups excluding carboxylic acids is 2. The number of benzene rings is 1. The molecule has 0 aliphatic heterocycles.